The Morgan fingerprint density at radius 1 is 1.00 bits per heavy atom. The molecule has 5 nitrogen and oxygen atoms in total. The summed E-state index contributed by atoms with van der Waals surface area (Å²) in [5.74, 6) is 0.534. The van der Waals surface area contributed by atoms with Gasteiger partial charge in [0.25, 0.3) is 5.89 Å². The number of benzene rings is 1. The molecule has 0 bridgehead atoms. The van der Waals surface area contributed by atoms with Crippen molar-refractivity contribution in [3.8, 4) is 11.5 Å². The molecule has 0 saturated carbocycles. The maximum Gasteiger partial charge on any atom is 0.263 e. The summed E-state index contributed by atoms with van der Waals surface area (Å²) in [7, 11) is -0.998. The summed E-state index contributed by atoms with van der Waals surface area (Å²) in [6.45, 7) is 0. The number of unbranched alkanes of at least 4 members (excludes halogenated alkanes) is 3. The first-order chi connectivity index (χ1) is 14.6. The molecule has 0 fully saturated rings. The Kier molecular flexibility index (Phi) is 8.27. The largest absolute Gasteiger partial charge is 0.432 e. The second-order valence-corrected chi connectivity index (χ2v) is 8.40. The number of hydrogen-bond acceptors (Lipinski definition) is 5. The third-order valence-corrected chi connectivity index (χ3v) is 5.22. The van der Waals surface area contributed by atoms with E-state index in [0.29, 0.717) is 17.9 Å². The average Bonchev–Trinajstić information content (AvgIpc) is 3.26. The van der Waals surface area contributed by atoms with Gasteiger partial charge in [-0.3, -0.25) is 14.0 Å². The van der Waals surface area contributed by atoms with Crippen molar-refractivity contribution in [3.63, 3.8) is 0 Å². The highest BCUT2D eigenvalue weighted by Gasteiger charge is 2.14. The van der Waals surface area contributed by atoms with Crippen LogP contribution in [0.3, 0.4) is 0 Å². The Morgan fingerprint density at radius 2 is 1.80 bits per heavy atom. The summed E-state index contributed by atoms with van der Waals surface area (Å²) in [6.07, 6.45) is 12.2. The van der Waals surface area contributed by atoms with Crippen molar-refractivity contribution in [2.45, 2.75) is 38.5 Å². The summed E-state index contributed by atoms with van der Waals surface area (Å²) < 4.78 is 16.7. The van der Waals surface area contributed by atoms with E-state index in [-0.39, 0.29) is 11.7 Å². The third-order valence-electron chi connectivity index (χ3n) is 4.70. The number of pyridine rings is 1. The Labute approximate surface area is 179 Å². The summed E-state index contributed by atoms with van der Waals surface area (Å²) in [5.41, 5.74) is 2.81. The molecule has 0 radical (unpaired) electrons. The van der Waals surface area contributed by atoms with Gasteiger partial charge in [-0.1, -0.05) is 49.2 Å². The fraction of sp³-hybridized carbons (Fsp3) is 0.292. The van der Waals surface area contributed by atoms with Gasteiger partial charge in [0.2, 0.25) is 5.78 Å². The SMILES string of the molecule is CS(=O)C=Cc1ccc(-c2cnc(C(=O)CCCCCCc3ccccc3)o2)nc1. The molecule has 0 spiro atoms. The fourth-order valence-corrected chi connectivity index (χ4v) is 3.41. The highest BCUT2D eigenvalue weighted by molar-refractivity contribution is 7.87. The zero-order valence-electron chi connectivity index (χ0n) is 17.1. The molecule has 0 amide bonds. The lowest BCUT2D eigenvalue weighted by Gasteiger charge is -2.01. The van der Waals surface area contributed by atoms with E-state index in [4.69, 9.17) is 4.42 Å². The van der Waals surface area contributed by atoms with Crippen LogP contribution in [0.5, 0.6) is 0 Å². The van der Waals surface area contributed by atoms with E-state index in [2.05, 4.69) is 34.2 Å². The summed E-state index contributed by atoms with van der Waals surface area (Å²) in [4.78, 5) is 20.8. The van der Waals surface area contributed by atoms with Gasteiger partial charge in [0.15, 0.2) is 5.76 Å². The van der Waals surface area contributed by atoms with Crippen LogP contribution in [-0.2, 0) is 17.2 Å². The second kappa shape index (κ2) is 11.4. The standard InChI is InChI=1S/C24H26N2O3S/c1-30(28)16-15-20-13-14-21(25-17-20)23-18-26-24(29-23)22(27)12-8-3-2-5-9-19-10-6-4-7-11-19/h4,6-7,10-11,13-18H,2-3,5,8-9,12H2,1H3. The molecule has 0 N–H and O–H groups in total. The van der Waals surface area contributed by atoms with Gasteiger partial charge >= 0.3 is 0 Å². The van der Waals surface area contributed by atoms with Crippen molar-refractivity contribution in [1.82, 2.24) is 9.97 Å². The van der Waals surface area contributed by atoms with Gasteiger partial charge in [-0.2, -0.15) is 0 Å². The van der Waals surface area contributed by atoms with Crippen LogP contribution in [0.2, 0.25) is 0 Å². The van der Waals surface area contributed by atoms with E-state index in [1.54, 1.807) is 30.0 Å². The number of ketones is 1. The predicted octanol–water partition coefficient (Wildman–Crippen LogP) is 5.46. The zero-order chi connectivity index (χ0) is 21.2. The Bertz CT molecular complexity index is 995. The number of aryl methyl sites for hydroxylation is 1. The van der Waals surface area contributed by atoms with Gasteiger partial charge in [0.1, 0.15) is 5.69 Å². The molecule has 0 aliphatic heterocycles. The minimum Gasteiger partial charge on any atom is -0.432 e. The number of oxazole rings is 1. The molecular formula is C24H26N2O3S. The number of hydrogen-bond donors (Lipinski definition) is 0. The molecule has 0 aliphatic carbocycles. The van der Waals surface area contributed by atoms with Crippen molar-refractivity contribution < 1.29 is 13.4 Å². The minimum atomic E-state index is -0.998. The topological polar surface area (TPSA) is 73.1 Å². The molecule has 1 aromatic carbocycles. The van der Waals surface area contributed by atoms with E-state index in [0.717, 1.165) is 37.7 Å². The minimum absolute atomic E-state index is 0.0747. The molecule has 2 aromatic heterocycles. The van der Waals surface area contributed by atoms with E-state index in [1.165, 1.54) is 11.8 Å². The molecule has 2 heterocycles. The Balaban J connectivity index is 1.42. The van der Waals surface area contributed by atoms with Crippen LogP contribution >= 0.6 is 0 Å². The van der Waals surface area contributed by atoms with E-state index >= 15 is 0 Å². The van der Waals surface area contributed by atoms with Crippen LogP contribution in [0, 0.1) is 0 Å². The molecule has 1 unspecified atom stereocenters. The molecule has 1 atom stereocenters. The monoisotopic (exact) mass is 422 g/mol. The van der Waals surface area contributed by atoms with Crippen molar-refractivity contribution in [3.05, 3.63) is 77.3 Å². The molecular weight excluding hydrogens is 396 g/mol. The van der Waals surface area contributed by atoms with Crippen LogP contribution in [0.15, 0.2) is 64.7 Å². The van der Waals surface area contributed by atoms with E-state index in [1.807, 2.05) is 12.1 Å². The first-order valence-electron chi connectivity index (χ1n) is 10.1. The lowest BCUT2D eigenvalue weighted by molar-refractivity contribution is 0.0946. The highest BCUT2D eigenvalue weighted by atomic mass is 32.2. The van der Waals surface area contributed by atoms with E-state index < -0.39 is 10.8 Å². The van der Waals surface area contributed by atoms with Crippen LogP contribution in [0.4, 0.5) is 0 Å². The summed E-state index contributed by atoms with van der Waals surface area (Å²) in [6, 6.07) is 14.1. The van der Waals surface area contributed by atoms with Crippen molar-refractivity contribution >= 4 is 22.7 Å². The van der Waals surface area contributed by atoms with Gasteiger partial charge in [-0.05, 0) is 42.5 Å². The summed E-state index contributed by atoms with van der Waals surface area (Å²) in [5, 5.41) is 1.60. The van der Waals surface area contributed by atoms with Gasteiger partial charge in [-0.25, -0.2) is 4.98 Å². The van der Waals surface area contributed by atoms with Crippen LogP contribution < -0.4 is 0 Å². The Hall–Kier alpha value is -2.86. The number of rotatable bonds is 11. The molecule has 156 valence electrons. The quantitative estimate of drug-likeness (QED) is 0.303. The van der Waals surface area contributed by atoms with Gasteiger partial charge in [0, 0.05) is 35.1 Å². The number of carbonyl (C=O) groups is 1. The predicted molar refractivity (Wildman–Crippen MR) is 120 cm³/mol. The van der Waals surface area contributed by atoms with Gasteiger partial charge < -0.3 is 4.42 Å². The first kappa shape index (κ1) is 21.8. The van der Waals surface area contributed by atoms with Gasteiger partial charge in [-0.15, -0.1) is 0 Å². The maximum absolute atomic E-state index is 12.3. The molecule has 3 aromatic rings. The van der Waals surface area contributed by atoms with Crippen LogP contribution in [-0.4, -0.2) is 26.2 Å². The molecule has 0 aliphatic rings. The first-order valence-corrected chi connectivity index (χ1v) is 11.7. The number of nitrogens with zero attached hydrogens (tertiary/aromatic N) is 2. The maximum atomic E-state index is 12.3. The average molecular weight is 423 g/mol. The smallest absolute Gasteiger partial charge is 0.263 e. The lowest BCUT2D eigenvalue weighted by atomic mass is 10.0. The number of carbonyl (C=O) groups excluding carboxylic acids is 1. The second-order valence-electron chi connectivity index (χ2n) is 7.13. The van der Waals surface area contributed by atoms with Crippen molar-refractivity contribution in [1.29, 1.82) is 0 Å². The summed E-state index contributed by atoms with van der Waals surface area (Å²) >= 11 is 0. The third kappa shape index (κ3) is 6.88. The van der Waals surface area contributed by atoms with Crippen molar-refractivity contribution in [2.24, 2.45) is 0 Å². The molecule has 6 heteroatoms. The molecule has 3 rings (SSSR count). The molecule has 30 heavy (non-hydrogen) atoms. The number of aromatic nitrogens is 2. The highest BCUT2D eigenvalue weighted by Crippen LogP contribution is 2.20. The molecule has 0 saturated heterocycles. The van der Waals surface area contributed by atoms with Crippen LogP contribution in [0.1, 0.15) is 53.9 Å². The lowest BCUT2D eigenvalue weighted by Crippen LogP contribution is -1.99. The number of Topliss-reactive ketones (excluding diaryl/α,β-unsaturated/α-hetero) is 1. The zero-order valence-corrected chi connectivity index (χ0v) is 17.9. The fourth-order valence-electron chi connectivity index (χ4n) is 3.07. The van der Waals surface area contributed by atoms with Gasteiger partial charge in [0.05, 0.1) is 6.20 Å². The van der Waals surface area contributed by atoms with Crippen LogP contribution in [0.25, 0.3) is 17.5 Å². The van der Waals surface area contributed by atoms with E-state index in [9.17, 15) is 9.00 Å². The normalized spacial score (nSPS) is 12.3. The Morgan fingerprint density at radius 3 is 2.53 bits per heavy atom. The van der Waals surface area contributed by atoms with Crippen molar-refractivity contribution in [2.75, 3.05) is 6.26 Å².